The van der Waals surface area contributed by atoms with Crippen molar-refractivity contribution in [2.24, 2.45) is 9.98 Å². The zero-order chi connectivity index (χ0) is 78.3. The van der Waals surface area contributed by atoms with Crippen LogP contribution in [0.4, 0.5) is 0 Å². The van der Waals surface area contributed by atoms with E-state index >= 15 is 0 Å². The summed E-state index contributed by atoms with van der Waals surface area (Å²) >= 11 is 12.4. The fourth-order valence-corrected chi connectivity index (χ4v) is 17.2. The molecule has 20 rings (SSSR count). The van der Waals surface area contributed by atoms with E-state index in [4.69, 9.17) is 51.1 Å². The number of hydrogen-bond donors (Lipinski definition) is 3. The number of aryl methyl sites for hydroxylation is 1. The summed E-state index contributed by atoms with van der Waals surface area (Å²) in [7, 11) is 3.52. The molecule has 0 saturated carbocycles. The van der Waals surface area contributed by atoms with Crippen molar-refractivity contribution < 1.29 is 7.59 Å². The Morgan fingerprint density at radius 3 is 1.21 bits per heavy atom. The van der Waals surface area contributed by atoms with Crippen LogP contribution in [0.2, 0.25) is 0 Å². The Balaban J connectivity index is 0.000000119. The van der Waals surface area contributed by atoms with Gasteiger partial charge in [0.1, 0.15) is 61.7 Å². The molecule has 21 heteroatoms. The van der Waals surface area contributed by atoms with Crippen molar-refractivity contribution in [1.29, 1.82) is 21.5 Å². The molecule has 0 amide bonds. The molecular weight excluding hydrogens is 1630 g/mol. The summed E-state index contributed by atoms with van der Waals surface area (Å²) in [5, 5.41) is 41.1. The Bertz CT molecular complexity index is 6900. The second kappa shape index (κ2) is 34.0. The van der Waals surface area contributed by atoms with Gasteiger partial charge in [-0.3, -0.25) is 21.2 Å². The van der Waals surface area contributed by atoms with Gasteiger partial charge in [-0.05, 0) is 220 Å². The number of ether oxygens (including phenoxy) is 1. The van der Waals surface area contributed by atoms with Crippen molar-refractivity contribution in [3.8, 4) is 11.9 Å². The average molecular weight is 1710 g/mol. The van der Waals surface area contributed by atoms with Crippen LogP contribution in [-0.2, 0) is 39.1 Å². The standard InChI is InChI=1S/C20H19N3.C19H13BrN4.C19H16BrN3.C19H17N3O.C16H12BrN3S.2H2/c1-2-14-7-3-4-8-15(14)13-16-11-12-23-19(21)17-9-5-6-10-18(17)22-20(16)23;20-16-7-3-1-5-13(16)11-14-9-10-24-18(14)23-17-8-4-2-6-15(17)19(24)22-12-21;1-21-19-15-7-3-5-9-17(15)22-18-14(10-11-23(18)19)12-13-6-2-4-8-16(13)20;1-23-15-8-6-13(7-9-15)12-14-10-11-22-18(20)16-4-2-3-5-17(16)21-19(14)22;17-13-4-2-1-3-10(13)9-11-5-7-20-14(18)12-6-8-21-16(12)19-15(11)20;;/h3-10,13,21H,2,11-12H2,1H3;1-8,11H,9-10H2;2-9,12H,10-11H2,1H3;2-9,12,20H,10-11H2,1H3;1-4,6,8-9,18H,5,7H2;2*1H/b16-13+,21-19?;14-11+,22-19?;14-12+,21-19?;14-12+,20-18?;11-9+,18-14?;;. The zero-order valence-electron chi connectivity index (χ0n) is 62.9. The van der Waals surface area contributed by atoms with Crippen LogP contribution in [0.5, 0.6) is 5.75 Å². The lowest BCUT2D eigenvalue weighted by Crippen LogP contribution is -2.22. The molecule has 0 fully saturated rings. The molecule has 6 aromatic heterocycles. The first-order chi connectivity index (χ1) is 55.8. The molecule has 0 unspecified atom stereocenters. The quantitative estimate of drug-likeness (QED) is 0.131. The highest BCUT2D eigenvalue weighted by molar-refractivity contribution is 9.11. The van der Waals surface area contributed by atoms with Crippen LogP contribution in [0.1, 0.15) is 104 Å². The van der Waals surface area contributed by atoms with Gasteiger partial charge in [-0.2, -0.15) is 10.3 Å². The average Bonchev–Trinajstić information content (AvgIpc) is 1.50. The van der Waals surface area contributed by atoms with Gasteiger partial charge in [-0.15, -0.1) is 11.3 Å². The van der Waals surface area contributed by atoms with Crippen molar-refractivity contribution >= 4 is 171 Å². The van der Waals surface area contributed by atoms with E-state index in [2.05, 4.69) is 166 Å². The monoisotopic (exact) mass is 1710 g/mol. The molecule has 0 spiro atoms. The van der Waals surface area contributed by atoms with Gasteiger partial charge in [0.15, 0.2) is 5.49 Å². The number of nitrogens with zero attached hydrogens (tertiary/aromatic N) is 13. The molecule has 9 aromatic carbocycles. The topological polar surface area (TPSA) is 218 Å². The molecule has 566 valence electrons. The number of rotatable bonds is 7. The smallest absolute Gasteiger partial charge is 0.207 e. The molecule has 15 aromatic rings. The fraction of sp³-hybridized carbons (Fsp3) is 0.151. The van der Waals surface area contributed by atoms with Gasteiger partial charge in [0.25, 0.3) is 0 Å². The summed E-state index contributed by atoms with van der Waals surface area (Å²) in [4.78, 5) is 33.6. The maximum absolute atomic E-state index is 9.08. The minimum atomic E-state index is 0. The van der Waals surface area contributed by atoms with E-state index in [1.807, 2.05) is 195 Å². The van der Waals surface area contributed by atoms with Crippen LogP contribution in [-0.4, -0.2) is 61.9 Å². The lowest BCUT2D eigenvalue weighted by Gasteiger charge is -2.08. The highest BCUT2D eigenvalue weighted by atomic mass is 79.9. The number of thiophene rings is 1. The van der Waals surface area contributed by atoms with Crippen molar-refractivity contribution in [1.82, 2.24) is 47.8 Å². The van der Waals surface area contributed by atoms with E-state index in [1.165, 1.54) is 39.0 Å². The third-order valence-electron chi connectivity index (χ3n) is 21.0. The Morgan fingerprint density at radius 1 is 0.421 bits per heavy atom. The van der Waals surface area contributed by atoms with E-state index in [1.54, 1.807) is 18.4 Å². The maximum Gasteiger partial charge on any atom is 0.207 e. The lowest BCUT2D eigenvalue weighted by molar-refractivity contribution is 0.415. The highest BCUT2D eigenvalue weighted by Gasteiger charge is 2.26. The highest BCUT2D eigenvalue weighted by Crippen LogP contribution is 2.36. The fourth-order valence-electron chi connectivity index (χ4n) is 15.3. The Labute approximate surface area is 690 Å². The number of allylic oxidation sites excluding steroid dienone is 5. The minimum Gasteiger partial charge on any atom is -0.497 e. The summed E-state index contributed by atoms with van der Waals surface area (Å²) in [5.74, 6) is 5.55. The largest absolute Gasteiger partial charge is 0.497 e. The number of methoxy groups -OCH3 is 1. The van der Waals surface area contributed by atoms with E-state index in [0.29, 0.717) is 22.0 Å². The molecule has 0 atom stereocenters. The molecule has 3 N–H and O–H groups in total. The summed E-state index contributed by atoms with van der Waals surface area (Å²) in [5.41, 5.74) is 20.2. The Hall–Kier alpha value is -12.2. The van der Waals surface area contributed by atoms with E-state index in [0.717, 1.165) is 201 Å². The van der Waals surface area contributed by atoms with Crippen LogP contribution in [0.3, 0.4) is 0 Å². The molecule has 0 aliphatic carbocycles. The number of nitriles is 1. The van der Waals surface area contributed by atoms with Gasteiger partial charge in [-0.25, -0.2) is 24.9 Å². The predicted octanol–water partition coefficient (Wildman–Crippen LogP) is 20.7. The number of para-hydroxylation sites is 4. The van der Waals surface area contributed by atoms with E-state index < -0.39 is 0 Å². The molecule has 0 saturated heterocycles. The molecular formula is C93H81Br3N16OS. The van der Waals surface area contributed by atoms with Crippen molar-refractivity contribution in [2.45, 2.75) is 78.2 Å². The molecule has 17 nitrogen and oxygen atoms in total. The Kier molecular flexibility index (Phi) is 22.6. The summed E-state index contributed by atoms with van der Waals surface area (Å²) in [6.07, 6.45) is 18.5. The van der Waals surface area contributed by atoms with E-state index in [-0.39, 0.29) is 2.85 Å². The molecule has 11 heterocycles. The van der Waals surface area contributed by atoms with Crippen LogP contribution >= 0.6 is 59.1 Å². The molecule has 0 bridgehead atoms. The summed E-state index contributed by atoms with van der Waals surface area (Å²) in [6, 6.07) is 74.9. The van der Waals surface area contributed by atoms with Crippen LogP contribution in [0.15, 0.2) is 253 Å². The van der Waals surface area contributed by atoms with Crippen LogP contribution in [0.25, 0.3) is 112 Å². The number of halogens is 3. The van der Waals surface area contributed by atoms with Crippen molar-refractivity contribution in [3.05, 3.63) is 333 Å². The first-order valence-corrected chi connectivity index (χ1v) is 41.1. The predicted molar refractivity (Wildman–Crippen MR) is 475 cm³/mol. The normalized spacial score (nSPS) is 15.6. The van der Waals surface area contributed by atoms with Gasteiger partial charge in [0, 0.05) is 77.6 Å². The number of hydrogen-bond acceptors (Lipinski definition) is 13. The van der Waals surface area contributed by atoms with Crippen LogP contribution in [0, 0.1) is 27.7 Å². The summed E-state index contributed by atoms with van der Waals surface area (Å²) < 4.78 is 18.7. The van der Waals surface area contributed by atoms with Gasteiger partial charge >= 0.3 is 0 Å². The number of fused-ring (bicyclic) bond motifs is 10. The van der Waals surface area contributed by atoms with Crippen molar-refractivity contribution in [3.63, 3.8) is 0 Å². The van der Waals surface area contributed by atoms with E-state index in [9.17, 15) is 0 Å². The van der Waals surface area contributed by atoms with Gasteiger partial charge < -0.3 is 27.6 Å². The lowest BCUT2D eigenvalue weighted by atomic mass is 10.0. The van der Waals surface area contributed by atoms with Gasteiger partial charge in [-0.1, -0.05) is 194 Å². The molecule has 0 radical (unpaired) electrons. The Morgan fingerprint density at radius 2 is 0.772 bits per heavy atom. The summed E-state index contributed by atoms with van der Waals surface area (Å²) in [6.45, 7) is 6.38. The molecule has 114 heavy (non-hydrogen) atoms. The minimum absolute atomic E-state index is 0. The number of aromatic nitrogens is 10. The first kappa shape index (κ1) is 75.8. The van der Waals surface area contributed by atoms with Gasteiger partial charge in [0.05, 0.1) is 34.6 Å². The third kappa shape index (κ3) is 15.6. The molecule has 5 aliphatic heterocycles. The van der Waals surface area contributed by atoms with Crippen LogP contribution < -0.4 is 32.2 Å². The van der Waals surface area contributed by atoms with Crippen molar-refractivity contribution in [2.75, 3.05) is 14.2 Å². The second-order valence-corrected chi connectivity index (χ2v) is 31.2. The third-order valence-corrected chi connectivity index (χ3v) is 23.9. The first-order valence-electron chi connectivity index (χ1n) is 37.8. The second-order valence-electron chi connectivity index (χ2n) is 27.8. The molecule has 5 aliphatic rings. The number of benzene rings is 9. The maximum atomic E-state index is 9.08. The number of nitrogens with one attached hydrogen (secondary N) is 3. The SMILES string of the molecule is CCc1ccccc1/C=C1\CCn2c1nc1ccccc1c2=N.CN=c1c2ccccc2nc2n1CC/C2=C\c1ccccc1Br.COc1ccc(/C=C2\CCn3c2nc2ccccc2c3=N)cc1.N#CN=c1c2ccccc2nc2n1CC/C2=C\c1ccccc1Br.N=c1c2ccsc2nc2n1CC/C2=C\c1ccccc1Br.[HH].[HH]. The van der Waals surface area contributed by atoms with Gasteiger partial charge in [0.2, 0.25) is 6.19 Å². The zero-order valence-corrected chi connectivity index (χ0v) is 68.4.